The minimum absolute atomic E-state index is 0.0166. The molecule has 0 heterocycles. The Hall–Kier alpha value is 1.02. The molecule has 0 amide bonds. The highest BCUT2D eigenvalue weighted by Crippen LogP contribution is 1.82. The zero-order valence-corrected chi connectivity index (χ0v) is 7.94. The van der Waals surface area contributed by atoms with Crippen molar-refractivity contribution < 1.29 is 2.84 Å². The quantitative estimate of drug-likeness (QED) is 0.364. The molecule has 34 valence electrons. The average molecular weight is 116 g/mol. The standard InChI is InChI=1S/C3H7.2Al.O.3H/c1-3-2;;;;;;/h1,3H2,2H3;;;;;;. The lowest BCUT2D eigenvalue weighted by Gasteiger charge is -1.87. The Morgan fingerprint density at radius 3 is 2.67 bits per heavy atom. The van der Waals surface area contributed by atoms with Crippen molar-refractivity contribution in [2.75, 3.05) is 0 Å². The number of hydrogen-bond acceptors (Lipinski definition) is 1. The second-order valence-electron chi connectivity index (χ2n) is 1.35. The van der Waals surface area contributed by atoms with Crippen LogP contribution in [0, 0.1) is 0 Å². The first-order valence-corrected chi connectivity index (χ1v) is 4.80. The SMILES string of the molecule is CC[CH2][AlH][O][AlH2]. The molecule has 0 N–H and O–H groups in total. The van der Waals surface area contributed by atoms with Gasteiger partial charge in [-0.3, -0.25) is 0 Å². The Labute approximate surface area is 53.9 Å². The van der Waals surface area contributed by atoms with Crippen LogP contribution in [0.15, 0.2) is 0 Å². The fourth-order valence-corrected chi connectivity index (χ4v) is 1.73. The van der Waals surface area contributed by atoms with Crippen LogP contribution in [-0.4, -0.2) is 32.2 Å². The lowest BCUT2D eigenvalue weighted by molar-refractivity contribution is 0.657. The van der Waals surface area contributed by atoms with E-state index in [0.717, 1.165) is 16.6 Å². The summed E-state index contributed by atoms with van der Waals surface area (Å²) >= 11 is 0.948. The number of rotatable bonds is 3. The van der Waals surface area contributed by atoms with Gasteiger partial charge in [-0.15, -0.1) is 0 Å². The van der Waals surface area contributed by atoms with E-state index in [1.807, 2.05) is 0 Å². The topological polar surface area (TPSA) is 9.23 Å². The van der Waals surface area contributed by atoms with E-state index >= 15 is 0 Å². The molecule has 0 rings (SSSR count). The van der Waals surface area contributed by atoms with Crippen LogP contribution in [0.4, 0.5) is 0 Å². The highest BCUT2D eigenvalue weighted by Gasteiger charge is 1.83. The summed E-state index contributed by atoms with van der Waals surface area (Å²) in [6, 6.07) is 0. The van der Waals surface area contributed by atoms with Gasteiger partial charge in [0.05, 0.1) is 0 Å². The molecule has 0 atom stereocenters. The van der Waals surface area contributed by atoms with Gasteiger partial charge in [0.2, 0.25) is 0 Å². The highest BCUT2D eigenvalue weighted by molar-refractivity contribution is 6.34. The van der Waals surface area contributed by atoms with Crippen molar-refractivity contribution >= 4 is 32.2 Å². The molecule has 0 aliphatic heterocycles. The van der Waals surface area contributed by atoms with E-state index in [1.165, 1.54) is 11.7 Å². The first-order chi connectivity index (χ1) is 2.91. The third kappa shape index (κ3) is 5.02. The molecule has 0 fully saturated rings. The number of hydrogen-bond donors (Lipinski definition) is 0. The van der Waals surface area contributed by atoms with Crippen LogP contribution in [0.1, 0.15) is 13.3 Å². The van der Waals surface area contributed by atoms with Crippen LogP contribution in [0.5, 0.6) is 0 Å². The maximum absolute atomic E-state index is 5.06. The highest BCUT2D eigenvalue weighted by atomic mass is 27.2. The van der Waals surface area contributed by atoms with Gasteiger partial charge < -0.3 is 2.84 Å². The van der Waals surface area contributed by atoms with Crippen LogP contribution >= 0.6 is 0 Å². The van der Waals surface area contributed by atoms with Crippen LogP contribution in [0.3, 0.4) is 0 Å². The molecule has 0 aromatic rings. The van der Waals surface area contributed by atoms with Gasteiger partial charge in [0, 0.05) is 0 Å². The Kier molecular flexibility index (Phi) is 7.05. The average Bonchev–Trinajstić information content (AvgIpc) is 1.61. The van der Waals surface area contributed by atoms with E-state index in [0.29, 0.717) is 0 Å². The normalized spacial score (nSPS) is 8.17. The predicted molar refractivity (Wildman–Crippen MR) is 31.9 cm³/mol. The van der Waals surface area contributed by atoms with Gasteiger partial charge in [0.25, 0.3) is 0 Å². The summed E-state index contributed by atoms with van der Waals surface area (Å²) in [6.07, 6.45) is 1.31. The molecule has 0 bridgehead atoms. The van der Waals surface area contributed by atoms with E-state index in [9.17, 15) is 0 Å². The van der Waals surface area contributed by atoms with Crippen molar-refractivity contribution in [1.82, 2.24) is 0 Å². The second-order valence-corrected chi connectivity index (χ2v) is 4.77. The van der Waals surface area contributed by atoms with E-state index in [4.69, 9.17) is 2.84 Å². The molecule has 0 spiro atoms. The van der Waals surface area contributed by atoms with Gasteiger partial charge in [-0.2, -0.15) is 0 Å². The first-order valence-electron chi connectivity index (χ1n) is 2.40. The molecule has 0 aliphatic carbocycles. The first kappa shape index (κ1) is 7.02. The molecular weight excluding hydrogens is 106 g/mol. The molecule has 3 heteroatoms. The lowest BCUT2D eigenvalue weighted by atomic mass is 10.6. The summed E-state index contributed by atoms with van der Waals surface area (Å²) < 4.78 is 5.06. The summed E-state index contributed by atoms with van der Waals surface area (Å²) in [6.45, 7) is 2.20. The predicted octanol–water partition coefficient (Wildman–Crippen LogP) is -0.269. The molecule has 1 nitrogen and oxygen atoms in total. The molecule has 0 aliphatic rings. The molecule has 0 radical (unpaired) electrons. The zero-order valence-electron chi connectivity index (χ0n) is 4.53. The molecule has 6 heavy (non-hydrogen) atoms. The largest absolute Gasteiger partial charge is 0.644 e. The van der Waals surface area contributed by atoms with Gasteiger partial charge >= 0.3 is 32.2 Å². The smallest absolute Gasteiger partial charge is 0.404 e. The maximum Gasteiger partial charge on any atom is 0.404 e. The van der Waals surface area contributed by atoms with Crippen molar-refractivity contribution in [3.63, 3.8) is 0 Å². The van der Waals surface area contributed by atoms with E-state index in [1.54, 1.807) is 0 Å². The zero-order chi connectivity index (χ0) is 4.83. The Morgan fingerprint density at radius 1 is 1.83 bits per heavy atom. The van der Waals surface area contributed by atoms with E-state index < -0.39 is 0 Å². The summed E-state index contributed by atoms with van der Waals surface area (Å²) in [5.74, 6) is 0. The van der Waals surface area contributed by atoms with Crippen LogP contribution in [0.2, 0.25) is 5.28 Å². The Morgan fingerprint density at radius 2 is 2.50 bits per heavy atom. The van der Waals surface area contributed by atoms with Crippen molar-refractivity contribution in [2.45, 2.75) is 18.6 Å². The molecule has 0 aromatic heterocycles. The maximum atomic E-state index is 5.06. The van der Waals surface area contributed by atoms with Gasteiger partial charge in [-0.05, 0) is 0 Å². The monoisotopic (exact) mass is 116 g/mol. The van der Waals surface area contributed by atoms with Gasteiger partial charge in [-0.25, -0.2) is 0 Å². The molecule has 0 unspecified atom stereocenters. The minimum Gasteiger partial charge on any atom is -0.644 e. The summed E-state index contributed by atoms with van der Waals surface area (Å²) in [7, 11) is 0. The van der Waals surface area contributed by atoms with Crippen LogP contribution in [0.25, 0.3) is 0 Å². The minimum atomic E-state index is -0.0166. The fraction of sp³-hybridized carbons (Fsp3) is 1.00. The molecular formula is C3H10Al2O. The summed E-state index contributed by atoms with van der Waals surface area (Å²) in [5, 5.41) is 1.36. The Bertz CT molecular complexity index is 20.8. The molecule has 0 saturated carbocycles. The van der Waals surface area contributed by atoms with E-state index in [-0.39, 0.29) is 15.6 Å². The fourth-order valence-electron chi connectivity index (χ4n) is 0.289. The van der Waals surface area contributed by atoms with Crippen molar-refractivity contribution in [3.05, 3.63) is 0 Å². The second kappa shape index (κ2) is 6.02. The van der Waals surface area contributed by atoms with Gasteiger partial charge in [-0.1, -0.05) is 18.6 Å². The van der Waals surface area contributed by atoms with Crippen LogP contribution < -0.4 is 0 Å². The van der Waals surface area contributed by atoms with Gasteiger partial charge in [0.15, 0.2) is 0 Å². The third-order valence-corrected chi connectivity index (χ3v) is 3.33. The lowest BCUT2D eigenvalue weighted by Crippen LogP contribution is -1.90. The Balaban J connectivity index is 2.34. The van der Waals surface area contributed by atoms with E-state index in [2.05, 4.69) is 6.92 Å². The van der Waals surface area contributed by atoms with Crippen molar-refractivity contribution in [3.8, 4) is 0 Å². The third-order valence-electron chi connectivity index (χ3n) is 0.702. The summed E-state index contributed by atoms with van der Waals surface area (Å²) in [4.78, 5) is 0. The van der Waals surface area contributed by atoms with Crippen molar-refractivity contribution in [2.24, 2.45) is 0 Å². The van der Waals surface area contributed by atoms with Crippen LogP contribution in [-0.2, 0) is 2.84 Å². The van der Waals surface area contributed by atoms with Gasteiger partial charge in [0.1, 0.15) is 0 Å². The molecule has 0 saturated heterocycles. The summed E-state index contributed by atoms with van der Waals surface area (Å²) in [5.41, 5.74) is 0. The molecule has 0 aromatic carbocycles. The van der Waals surface area contributed by atoms with Crippen molar-refractivity contribution in [1.29, 1.82) is 0 Å².